The van der Waals surface area contributed by atoms with Crippen LogP contribution in [0.5, 0.6) is 0 Å². The zero-order chi connectivity index (χ0) is 15.2. The summed E-state index contributed by atoms with van der Waals surface area (Å²) in [5.41, 5.74) is 3.14. The van der Waals surface area contributed by atoms with E-state index in [-0.39, 0.29) is 5.66 Å². The molecule has 2 aromatic carbocycles. The van der Waals surface area contributed by atoms with Crippen molar-refractivity contribution in [3.8, 4) is 0 Å². The normalized spacial score (nSPS) is 16.4. The molecule has 0 atom stereocenters. The molecule has 3 heteroatoms. The van der Waals surface area contributed by atoms with E-state index in [1.54, 1.807) is 0 Å². The fraction of sp³-hybridized carbons (Fsp3) is 0.389. The molecule has 0 unspecified atom stereocenters. The van der Waals surface area contributed by atoms with Crippen LogP contribution in [0.3, 0.4) is 0 Å². The lowest BCUT2D eigenvalue weighted by molar-refractivity contribution is 0.112. The molecular formula is C18H22N2O. The summed E-state index contributed by atoms with van der Waals surface area (Å²) in [7, 11) is 0. The van der Waals surface area contributed by atoms with Crippen LogP contribution in [-0.4, -0.2) is 25.0 Å². The Morgan fingerprint density at radius 2 is 1.62 bits per heavy atom. The summed E-state index contributed by atoms with van der Waals surface area (Å²) in [6.07, 6.45) is 0.954. The van der Waals surface area contributed by atoms with E-state index in [1.807, 2.05) is 12.1 Å². The number of nitrogens with zero attached hydrogens (tertiary/aromatic N) is 2. The van der Waals surface area contributed by atoms with Crippen LogP contribution in [0, 0.1) is 0 Å². The van der Waals surface area contributed by atoms with Crippen LogP contribution in [-0.2, 0) is 0 Å². The van der Waals surface area contributed by atoms with Crippen LogP contribution in [0.1, 0.15) is 38.1 Å². The standard InChI is InChI=1S/C18H22N2O/c1-5-19-15-9-7-8-14-13(12-21)10-11-16(17(14)15)20(6-2)18(19,3)4/h7-12H,5-6H2,1-4H3. The third-order valence-electron chi connectivity index (χ3n) is 4.69. The van der Waals surface area contributed by atoms with Gasteiger partial charge < -0.3 is 9.80 Å². The number of benzene rings is 2. The first-order chi connectivity index (χ1) is 10.1. The van der Waals surface area contributed by atoms with Gasteiger partial charge in [0.15, 0.2) is 6.29 Å². The highest BCUT2D eigenvalue weighted by atomic mass is 16.1. The second kappa shape index (κ2) is 4.76. The molecule has 21 heavy (non-hydrogen) atoms. The van der Waals surface area contributed by atoms with E-state index in [2.05, 4.69) is 55.7 Å². The molecule has 0 aliphatic carbocycles. The third kappa shape index (κ3) is 1.76. The third-order valence-corrected chi connectivity index (χ3v) is 4.69. The van der Waals surface area contributed by atoms with Gasteiger partial charge in [-0.1, -0.05) is 12.1 Å². The van der Waals surface area contributed by atoms with Crippen molar-refractivity contribution in [2.45, 2.75) is 33.4 Å². The Kier molecular flexibility index (Phi) is 3.16. The van der Waals surface area contributed by atoms with Crippen LogP contribution in [0.4, 0.5) is 11.4 Å². The molecule has 1 aliphatic heterocycles. The maximum atomic E-state index is 11.4. The zero-order valence-corrected chi connectivity index (χ0v) is 13.2. The molecule has 0 spiro atoms. The van der Waals surface area contributed by atoms with Gasteiger partial charge in [-0.15, -0.1) is 0 Å². The first-order valence-electron chi connectivity index (χ1n) is 7.62. The molecule has 0 radical (unpaired) electrons. The van der Waals surface area contributed by atoms with Crippen LogP contribution >= 0.6 is 0 Å². The largest absolute Gasteiger partial charge is 0.349 e. The van der Waals surface area contributed by atoms with Crippen LogP contribution in [0.15, 0.2) is 30.3 Å². The van der Waals surface area contributed by atoms with E-state index >= 15 is 0 Å². The molecule has 2 aromatic rings. The second-order valence-corrected chi connectivity index (χ2v) is 5.97. The van der Waals surface area contributed by atoms with Gasteiger partial charge in [0.1, 0.15) is 5.66 Å². The Labute approximate surface area is 126 Å². The average molecular weight is 282 g/mol. The molecule has 3 nitrogen and oxygen atoms in total. The van der Waals surface area contributed by atoms with Crippen LogP contribution < -0.4 is 9.80 Å². The average Bonchev–Trinajstić information content (AvgIpc) is 2.47. The Balaban J connectivity index is 2.43. The maximum Gasteiger partial charge on any atom is 0.150 e. The van der Waals surface area contributed by atoms with Crippen molar-refractivity contribution < 1.29 is 4.79 Å². The van der Waals surface area contributed by atoms with E-state index < -0.39 is 0 Å². The van der Waals surface area contributed by atoms with Gasteiger partial charge in [0.25, 0.3) is 0 Å². The van der Waals surface area contributed by atoms with Gasteiger partial charge in [-0.3, -0.25) is 4.79 Å². The summed E-state index contributed by atoms with van der Waals surface area (Å²) in [6, 6.07) is 10.3. The van der Waals surface area contributed by atoms with E-state index in [9.17, 15) is 4.79 Å². The zero-order valence-electron chi connectivity index (χ0n) is 13.2. The molecule has 1 aliphatic rings. The van der Waals surface area contributed by atoms with Gasteiger partial charge in [0.2, 0.25) is 0 Å². The molecule has 0 bridgehead atoms. The summed E-state index contributed by atoms with van der Waals surface area (Å²) in [5.74, 6) is 0. The predicted octanol–water partition coefficient (Wildman–Crippen LogP) is 4.05. The molecule has 0 N–H and O–H groups in total. The highest BCUT2D eigenvalue weighted by Crippen LogP contribution is 2.45. The first kappa shape index (κ1) is 13.9. The highest BCUT2D eigenvalue weighted by molar-refractivity contribution is 6.11. The second-order valence-electron chi connectivity index (χ2n) is 5.97. The number of hydrogen-bond donors (Lipinski definition) is 0. The van der Waals surface area contributed by atoms with E-state index in [1.165, 1.54) is 16.8 Å². The van der Waals surface area contributed by atoms with Gasteiger partial charge in [-0.05, 0) is 51.3 Å². The van der Waals surface area contributed by atoms with Crippen molar-refractivity contribution in [2.75, 3.05) is 22.9 Å². The minimum absolute atomic E-state index is 0.0759. The quantitative estimate of drug-likeness (QED) is 0.793. The van der Waals surface area contributed by atoms with Gasteiger partial charge in [-0.2, -0.15) is 0 Å². The number of anilines is 2. The summed E-state index contributed by atoms with van der Waals surface area (Å²) in [4.78, 5) is 16.2. The molecule has 3 rings (SSSR count). The van der Waals surface area contributed by atoms with Crippen molar-refractivity contribution in [1.29, 1.82) is 0 Å². The van der Waals surface area contributed by atoms with Crippen LogP contribution in [0.2, 0.25) is 0 Å². The first-order valence-corrected chi connectivity index (χ1v) is 7.62. The highest BCUT2D eigenvalue weighted by Gasteiger charge is 2.38. The van der Waals surface area contributed by atoms with E-state index in [4.69, 9.17) is 0 Å². The lowest BCUT2D eigenvalue weighted by atomic mass is 9.94. The van der Waals surface area contributed by atoms with Crippen LogP contribution in [0.25, 0.3) is 10.8 Å². The molecule has 0 aromatic heterocycles. The molecule has 0 saturated carbocycles. The minimum Gasteiger partial charge on any atom is -0.349 e. The molecule has 0 saturated heterocycles. The molecule has 0 fully saturated rings. The van der Waals surface area contributed by atoms with Crippen molar-refractivity contribution in [2.24, 2.45) is 0 Å². The summed E-state index contributed by atoms with van der Waals surface area (Å²) in [5, 5.41) is 2.25. The van der Waals surface area contributed by atoms with Gasteiger partial charge >= 0.3 is 0 Å². The summed E-state index contributed by atoms with van der Waals surface area (Å²) >= 11 is 0. The number of aldehydes is 1. The van der Waals surface area contributed by atoms with Crippen molar-refractivity contribution in [3.63, 3.8) is 0 Å². The maximum absolute atomic E-state index is 11.4. The molecule has 1 heterocycles. The Morgan fingerprint density at radius 1 is 1.00 bits per heavy atom. The fourth-order valence-electron chi connectivity index (χ4n) is 3.79. The number of carbonyl (C=O) groups is 1. The Hall–Kier alpha value is -2.03. The van der Waals surface area contributed by atoms with Gasteiger partial charge in [-0.25, -0.2) is 0 Å². The molecular weight excluding hydrogens is 260 g/mol. The monoisotopic (exact) mass is 282 g/mol. The number of rotatable bonds is 3. The van der Waals surface area contributed by atoms with Crippen molar-refractivity contribution in [3.05, 3.63) is 35.9 Å². The summed E-state index contributed by atoms with van der Waals surface area (Å²) < 4.78 is 0. The molecule has 0 amide bonds. The minimum atomic E-state index is -0.0759. The topological polar surface area (TPSA) is 23.6 Å². The van der Waals surface area contributed by atoms with Gasteiger partial charge in [0.05, 0.1) is 0 Å². The summed E-state index contributed by atoms with van der Waals surface area (Å²) in [6.45, 7) is 10.8. The fourth-order valence-corrected chi connectivity index (χ4v) is 3.79. The van der Waals surface area contributed by atoms with Crippen molar-refractivity contribution in [1.82, 2.24) is 0 Å². The lowest BCUT2D eigenvalue weighted by Gasteiger charge is -2.52. The number of hydrogen-bond acceptors (Lipinski definition) is 3. The SMILES string of the molecule is CCN1c2cccc3c(C=O)ccc(c23)N(CC)C1(C)C. The van der Waals surface area contributed by atoms with Crippen molar-refractivity contribution >= 4 is 28.4 Å². The number of carbonyl (C=O) groups excluding carboxylic acids is 1. The van der Waals surface area contributed by atoms with E-state index in [0.717, 1.165) is 30.3 Å². The Morgan fingerprint density at radius 3 is 2.19 bits per heavy atom. The van der Waals surface area contributed by atoms with Gasteiger partial charge in [0, 0.05) is 35.4 Å². The molecule has 110 valence electrons. The Bertz CT molecular complexity index is 685. The van der Waals surface area contributed by atoms with E-state index in [0.29, 0.717) is 0 Å². The lowest BCUT2D eigenvalue weighted by Crippen LogP contribution is -2.59. The predicted molar refractivity (Wildman–Crippen MR) is 89.5 cm³/mol. The smallest absolute Gasteiger partial charge is 0.150 e.